The number of unbranched alkanes of at least 4 members (excludes halogenated alkanes) is 8. The van der Waals surface area contributed by atoms with Crippen molar-refractivity contribution in [3.8, 4) is 0 Å². The summed E-state index contributed by atoms with van der Waals surface area (Å²) in [6.45, 7) is 8.73. The first-order valence-corrected chi connectivity index (χ1v) is 54.8. The zero-order chi connectivity index (χ0) is 104. The summed E-state index contributed by atoms with van der Waals surface area (Å²) in [5.41, 5.74) is -1.35. The standard InChI is InChI=1S/C103H176O42/c1-44(54-22-24-56-52-20-18-48-32-50(132-60-30-46(36-104)90(80(122)70(60)112)142-96-84(126)76(118)72(114)62(38-106)135-96)26-28-100(48,3)58(52)34-68(102(54,56)5)134-61-31-47(37-105)91(81(123)71(61)113)143-97-85(127)77(119)73(115)63(39-107)136-97)16-14-12-10-8-7-9-11-13-15-17-45(2)55-23-25-57-53-21-19-49-33-51(133-94-88(130)82(124)92(66(42-110)139-94)144-98-86(128)78(120)74(116)64(40-108)137-98)27-29-101(49,4)59(53)35-69(103(55,57)6)141-95-89(131)83(125)93(67(43-111)140-95)145-99-87(129)79(121)75(117)65(41-109)138-99/h44-99,104-131H,7-43H2,1-6H3/t44?,45?,46?,47?,48?,49?,50?,51?,52?,53?,54?,55?,56?,57?,58?,59?,60-,61-,62?,63?,64?,65?,66?,67?,68?,69?,70?,71?,72-,73-,74+,75+,76+,77+,78?,79?,80-,81-,82?,83?,84?,85?,86-,87-,88-,89-,90-,91-,92+,93+,94+,95-,96-,97-,98+,99+,100?,101?,102?,103?/m1/s1. The highest BCUT2D eigenvalue weighted by molar-refractivity contribution is 5.17. The lowest BCUT2D eigenvalue weighted by molar-refractivity contribution is -0.370. The number of hydrogen-bond acceptors (Lipinski definition) is 42. The molecule has 28 N–H and O–H groups in total. The minimum atomic E-state index is -1.86. The van der Waals surface area contributed by atoms with Crippen LogP contribution >= 0.6 is 0 Å². The van der Waals surface area contributed by atoms with Crippen molar-refractivity contribution in [1.82, 2.24) is 0 Å². The van der Waals surface area contributed by atoms with E-state index in [-0.39, 0.29) is 94.4 Å². The molecule has 42 heteroatoms. The molecular formula is C103H176O42. The second kappa shape index (κ2) is 48.8. The van der Waals surface area contributed by atoms with Crippen LogP contribution in [0.4, 0.5) is 0 Å². The maximum atomic E-state index is 12.3. The molecule has 0 aromatic carbocycles. The van der Waals surface area contributed by atoms with Crippen LogP contribution in [0, 0.1) is 105 Å². The second-order valence-electron chi connectivity index (χ2n) is 47.9. The van der Waals surface area contributed by atoms with Crippen LogP contribution < -0.4 is 0 Å². The molecule has 6 saturated heterocycles. The summed E-state index contributed by atoms with van der Waals surface area (Å²) in [5.74, 6) is 0.804. The van der Waals surface area contributed by atoms with Crippen LogP contribution in [-0.4, -0.2) is 453 Å². The van der Waals surface area contributed by atoms with Crippen molar-refractivity contribution in [1.29, 1.82) is 0 Å². The summed E-state index contributed by atoms with van der Waals surface area (Å²) in [6, 6.07) is 0. The average Bonchev–Trinajstić information content (AvgIpc) is 1.62. The quantitative estimate of drug-likeness (QED) is 0.0210. The first kappa shape index (κ1) is 116. The Kier molecular flexibility index (Phi) is 39.0. The van der Waals surface area contributed by atoms with Crippen molar-refractivity contribution in [2.45, 2.75) is 485 Å². The first-order valence-electron chi connectivity index (χ1n) is 54.8. The van der Waals surface area contributed by atoms with Gasteiger partial charge in [0.2, 0.25) is 0 Å². The Labute approximate surface area is 848 Å². The van der Waals surface area contributed by atoms with Crippen LogP contribution in [-0.2, 0) is 66.3 Å². The van der Waals surface area contributed by atoms with Crippen LogP contribution in [0.15, 0.2) is 0 Å². The van der Waals surface area contributed by atoms with E-state index in [1.54, 1.807) is 0 Å². The van der Waals surface area contributed by atoms with Crippen molar-refractivity contribution < 1.29 is 209 Å². The molecule has 10 saturated carbocycles. The molecule has 16 aliphatic rings. The van der Waals surface area contributed by atoms with Gasteiger partial charge in [0.15, 0.2) is 37.7 Å². The number of aliphatic hydroxyl groups is 28. The average molecular weight is 2090 g/mol. The highest BCUT2D eigenvalue weighted by atomic mass is 16.8. The van der Waals surface area contributed by atoms with Gasteiger partial charge in [0.05, 0.1) is 88.5 Å². The number of hydrogen-bond donors (Lipinski definition) is 28. The lowest BCUT2D eigenvalue weighted by Crippen LogP contribution is -2.66. The van der Waals surface area contributed by atoms with Crippen LogP contribution in [0.2, 0.25) is 0 Å². The van der Waals surface area contributed by atoms with Gasteiger partial charge in [0.1, 0.15) is 171 Å². The fourth-order valence-electron chi connectivity index (χ4n) is 31.8. The van der Waals surface area contributed by atoms with Crippen molar-refractivity contribution in [3.05, 3.63) is 0 Å². The van der Waals surface area contributed by atoms with E-state index in [2.05, 4.69) is 41.5 Å². The van der Waals surface area contributed by atoms with Gasteiger partial charge in [-0.1, -0.05) is 112 Å². The Balaban J connectivity index is 0.536. The minimum Gasteiger partial charge on any atom is -0.396 e. The molecule has 0 aromatic rings. The molecule has 6 aliphatic heterocycles. The predicted molar refractivity (Wildman–Crippen MR) is 502 cm³/mol. The van der Waals surface area contributed by atoms with E-state index in [0.717, 1.165) is 128 Å². The van der Waals surface area contributed by atoms with E-state index >= 15 is 0 Å². The van der Waals surface area contributed by atoms with E-state index in [0.29, 0.717) is 56.8 Å². The van der Waals surface area contributed by atoms with Gasteiger partial charge >= 0.3 is 0 Å². The molecule has 60 atom stereocenters. The molecule has 840 valence electrons. The third-order valence-electron chi connectivity index (χ3n) is 40.4. The van der Waals surface area contributed by atoms with Gasteiger partial charge in [-0.15, -0.1) is 0 Å². The molecule has 36 unspecified atom stereocenters. The molecule has 6 heterocycles. The Morgan fingerprint density at radius 1 is 0.248 bits per heavy atom. The van der Waals surface area contributed by atoms with Crippen LogP contribution in [0.5, 0.6) is 0 Å². The predicted octanol–water partition coefficient (Wildman–Crippen LogP) is -3.55. The summed E-state index contributed by atoms with van der Waals surface area (Å²) in [6.07, 6.45) is -37.1. The second-order valence-corrected chi connectivity index (χ2v) is 47.9. The van der Waals surface area contributed by atoms with Crippen LogP contribution in [0.1, 0.15) is 228 Å². The Morgan fingerprint density at radius 2 is 0.538 bits per heavy atom. The van der Waals surface area contributed by atoms with E-state index < -0.39 is 321 Å². The molecule has 0 spiro atoms. The van der Waals surface area contributed by atoms with Crippen molar-refractivity contribution in [3.63, 3.8) is 0 Å². The molecule has 10 aliphatic carbocycles. The maximum absolute atomic E-state index is 12.3. The Hall–Kier alpha value is -1.68. The van der Waals surface area contributed by atoms with Gasteiger partial charge in [-0.25, -0.2) is 0 Å². The highest BCUT2D eigenvalue weighted by Gasteiger charge is 2.70. The molecule has 145 heavy (non-hydrogen) atoms. The molecule has 42 nitrogen and oxygen atoms in total. The largest absolute Gasteiger partial charge is 0.396 e. The summed E-state index contributed by atoms with van der Waals surface area (Å²) in [5, 5.41) is 306. The summed E-state index contributed by atoms with van der Waals surface area (Å²) in [4.78, 5) is 0. The maximum Gasteiger partial charge on any atom is 0.187 e. The smallest absolute Gasteiger partial charge is 0.187 e. The van der Waals surface area contributed by atoms with Gasteiger partial charge in [-0.05, 0) is 203 Å². The van der Waals surface area contributed by atoms with Gasteiger partial charge in [-0.3, -0.25) is 0 Å². The molecular weight excluding hydrogens is 1910 g/mol. The lowest BCUT2D eigenvalue weighted by Gasteiger charge is -2.63. The number of fused-ring (bicyclic) bond motifs is 10. The normalized spacial score (nSPS) is 53.2. The summed E-state index contributed by atoms with van der Waals surface area (Å²) >= 11 is 0. The zero-order valence-electron chi connectivity index (χ0n) is 84.7. The van der Waals surface area contributed by atoms with E-state index in [4.69, 9.17) is 66.3 Å². The molecule has 16 fully saturated rings. The third-order valence-corrected chi connectivity index (χ3v) is 40.4. The molecule has 0 aromatic heterocycles. The van der Waals surface area contributed by atoms with Gasteiger partial charge in [-0.2, -0.15) is 0 Å². The van der Waals surface area contributed by atoms with Crippen molar-refractivity contribution in [2.24, 2.45) is 105 Å². The molecule has 0 bridgehead atoms. The van der Waals surface area contributed by atoms with Gasteiger partial charge in [0, 0.05) is 30.5 Å². The molecule has 0 radical (unpaired) electrons. The molecule has 16 rings (SSSR count). The van der Waals surface area contributed by atoms with Crippen LogP contribution in [0.3, 0.4) is 0 Å². The fraction of sp³-hybridized carbons (Fsp3) is 1.00. The summed E-state index contributed by atoms with van der Waals surface area (Å²) < 4.78 is 87.0. The Morgan fingerprint density at radius 3 is 0.883 bits per heavy atom. The van der Waals surface area contributed by atoms with E-state index in [9.17, 15) is 143 Å². The van der Waals surface area contributed by atoms with Gasteiger partial charge < -0.3 is 209 Å². The third kappa shape index (κ3) is 22.6. The zero-order valence-corrected chi connectivity index (χ0v) is 84.7. The Bertz CT molecular complexity index is 3720. The fourth-order valence-corrected chi connectivity index (χ4v) is 31.8. The highest BCUT2D eigenvalue weighted by Crippen LogP contribution is 2.72. The number of aliphatic hydroxyl groups excluding tert-OH is 28. The van der Waals surface area contributed by atoms with Crippen molar-refractivity contribution >= 4 is 0 Å². The molecule has 0 amide bonds. The topological polar surface area (TPSA) is 696 Å². The van der Waals surface area contributed by atoms with Crippen molar-refractivity contribution in [2.75, 3.05) is 52.9 Å². The number of ether oxygens (including phenoxy) is 14. The van der Waals surface area contributed by atoms with E-state index in [1.165, 1.54) is 0 Å². The van der Waals surface area contributed by atoms with Gasteiger partial charge in [0.25, 0.3) is 0 Å². The monoisotopic (exact) mass is 2090 g/mol. The number of rotatable bonds is 38. The minimum absolute atomic E-state index is 0.0498. The van der Waals surface area contributed by atoms with Crippen LogP contribution in [0.25, 0.3) is 0 Å². The summed E-state index contributed by atoms with van der Waals surface area (Å²) in [7, 11) is 0. The SMILES string of the molecule is CC(CCCCCCCCCCCC(C)C1CCC2C3CCC4CC(O[C@@H]5CC(CO)[C@@H](O[C@H]6OC(CO)[C@@H](O)[C@H](O)C6O)[C@H](O)C5O)CCC4(C)C3CC(O[C@@H]3CC(CO)[C@@H](O[C@H]4OC(CO)[C@@H](O)[C@H](O)C4O)[C@H](O)C3O)C12C)C1CCC2C3CCC4CC(O[C@H]5OC(CO)[C@H](O[C@@H]6OC(CO)[C@H](O)C(O)[C@H]6O)C(O)[C@H]5O)CCC4(C)C3CC(O[C@H]3OC(CO)[C@H](O[C@@H]4OC(CO)[C@H](O)C(O)[C@H]4O)C(O)[C@H]3O)C12C. The first-order chi connectivity index (χ1) is 69.1. The lowest BCUT2D eigenvalue weighted by atomic mass is 9.43. The van der Waals surface area contributed by atoms with E-state index in [1.807, 2.05) is 0 Å².